The van der Waals surface area contributed by atoms with E-state index < -0.39 is 12.0 Å². The Morgan fingerprint density at radius 2 is 2.23 bits per heavy atom. The molecule has 1 atom stereocenters. The molecule has 0 radical (unpaired) electrons. The van der Waals surface area contributed by atoms with Crippen molar-refractivity contribution in [1.29, 1.82) is 0 Å². The van der Waals surface area contributed by atoms with Gasteiger partial charge in [-0.2, -0.15) is 0 Å². The predicted octanol–water partition coefficient (Wildman–Crippen LogP) is 0.769. The molecule has 4 heteroatoms. The van der Waals surface area contributed by atoms with Gasteiger partial charge < -0.3 is 5.11 Å². The van der Waals surface area contributed by atoms with Crippen LogP contribution in [-0.4, -0.2) is 35.1 Å². The topological polar surface area (TPSA) is 53.4 Å². The van der Waals surface area contributed by atoms with Gasteiger partial charge in [0, 0.05) is 6.20 Å². The summed E-state index contributed by atoms with van der Waals surface area (Å²) < 4.78 is 0. The third-order valence-corrected chi connectivity index (χ3v) is 1.72. The van der Waals surface area contributed by atoms with Gasteiger partial charge in [-0.25, -0.2) is 0 Å². The second kappa shape index (κ2) is 4.00. The first-order chi connectivity index (χ1) is 6.13. The van der Waals surface area contributed by atoms with Crippen molar-refractivity contribution in [3.63, 3.8) is 0 Å². The van der Waals surface area contributed by atoms with Crippen molar-refractivity contribution in [3.8, 4) is 0 Å². The van der Waals surface area contributed by atoms with Crippen molar-refractivity contribution in [1.82, 2.24) is 9.88 Å². The molecule has 0 bridgehead atoms. The lowest BCUT2D eigenvalue weighted by molar-refractivity contribution is -0.142. The fourth-order valence-corrected chi connectivity index (χ4v) is 1.15. The molecular formula is C9H12N2O2. The van der Waals surface area contributed by atoms with Gasteiger partial charge in [-0.05, 0) is 26.2 Å². The largest absolute Gasteiger partial charge is 0.480 e. The van der Waals surface area contributed by atoms with Gasteiger partial charge in [0.1, 0.15) is 0 Å². The molecule has 13 heavy (non-hydrogen) atoms. The van der Waals surface area contributed by atoms with Crippen LogP contribution in [-0.2, 0) is 4.79 Å². The van der Waals surface area contributed by atoms with E-state index in [0.29, 0.717) is 5.69 Å². The smallest absolute Gasteiger partial charge is 0.327 e. The number of nitrogens with zero attached hydrogens (tertiary/aromatic N) is 2. The summed E-state index contributed by atoms with van der Waals surface area (Å²) >= 11 is 0. The Balaban J connectivity index is 2.96. The van der Waals surface area contributed by atoms with E-state index in [1.807, 2.05) is 0 Å². The maximum Gasteiger partial charge on any atom is 0.327 e. The van der Waals surface area contributed by atoms with Crippen LogP contribution in [0.5, 0.6) is 0 Å². The first-order valence-electron chi connectivity index (χ1n) is 3.93. The van der Waals surface area contributed by atoms with Gasteiger partial charge >= 0.3 is 5.97 Å². The summed E-state index contributed by atoms with van der Waals surface area (Å²) in [6.45, 7) is 0. The van der Waals surface area contributed by atoms with Crippen LogP contribution in [0.3, 0.4) is 0 Å². The van der Waals surface area contributed by atoms with Crippen LogP contribution in [0.4, 0.5) is 0 Å². The molecule has 0 aliphatic carbocycles. The third-order valence-electron chi connectivity index (χ3n) is 1.72. The lowest BCUT2D eigenvalue weighted by Crippen LogP contribution is -2.28. The second-order valence-electron chi connectivity index (χ2n) is 2.96. The van der Waals surface area contributed by atoms with Crippen LogP contribution in [0.25, 0.3) is 0 Å². The Hall–Kier alpha value is -1.42. The second-order valence-corrected chi connectivity index (χ2v) is 2.96. The van der Waals surface area contributed by atoms with Crippen molar-refractivity contribution >= 4 is 5.97 Å². The van der Waals surface area contributed by atoms with Gasteiger partial charge in [-0.15, -0.1) is 0 Å². The van der Waals surface area contributed by atoms with Gasteiger partial charge in [0.25, 0.3) is 0 Å². The van der Waals surface area contributed by atoms with E-state index in [-0.39, 0.29) is 0 Å². The molecule has 1 aromatic heterocycles. The number of likely N-dealkylation sites (N-methyl/N-ethyl adjacent to an activating group) is 1. The normalized spacial score (nSPS) is 12.8. The molecule has 0 aromatic carbocycles. The Morgan fingerprint density at radius 1 is 1.54 bits per heavy atom. The first-order valence-corrected chi connectivity index (χ1v) is 3.93. The van der Waals surface area contributed by atoms with E-state index in [1.165, 1.54) is 0 Å². The number of hydrogen-bond donors (Lipinski definition) is 1. The molecule has 0 amide bonds. The number of rotatable bonds is 3. The number of carboxylic acid groups (broad SMARTS) is 1. The maximum atomic E-state index is 10.9. The van der Waals surface area contributed by atoms with Crippen molar-refractivity contribution < 1.29 is 9.90 Å². The molecule has 0 aliphatic heterocycles. The van der Waals surface area contributed by atoms with E-state index >= 15 is 0 Å². The number of aromatic nitrogens is 1. The standard InChI is InChI=1S/C9H12N2O2/c1-11(2)8(9(12)13)7-5-3-4-6-10-7/h3-6,8H,1-2H3,(H,12,13)/t8-/m1/s1. The predicted molar refractivity (Wildman–Crippen MR) is 48.3 cm³/mol. The summed E-state index contributed by atoms with van der Waals surface area (Å²) in [6.07, 6.45) is 1.59. The molecule has 0 spiro atoms. The monoisotopic (exact) mass is 180 g/mol. The molecular weight excluding hydrogens is 168 g/mol. The van der Waals surface area contributed by atoms with E-state index in [9.17, 15) is 4.79 Å². The van der Waals surface area contributed by atoms with E-state index in [2.05, 4.69) is 4.98 Å². The number of carboxylic acids is 1. The fraction of sp³-hybridized carbons (Fsp3) is 0.333. The summed E-state index contributed by atoms with van der Waals surface area (Å²) in [4.78, 5) is 16.5. The molecule has 4 nitrogen and oxygen atoms in total. The van der Waals surface area contributed by atoms with E-state index in [4.69, 9.17) is 5.11 Å². The third kappa shape index (κ3) is 2.26. The zero-order chi connectivity index (χ0) is 9.84. The highest BCUT2D eigenvalue weighted by molar-refractivity contribution is 5.74. The van der Waals surface area contributed by atoms with Crippen LogP contribution in [0.1, 0.15) is 11.7 Å². The van der Waals surface area contributed by atoms with Crippen LogP contribution >= 0.6 is 0 Å². The van der Waals surface area contributed by atoms with Gasteiger partial charge in [0.15, 0.2) is 6.04 Å². The molecule has 1 aromatic rings. The van der Waals surface area contributed by atoms with Crippen LogP contribution in [0, 0.1) is 0 Å². The van der Waals surface area contributed by atoms with Crippen molar-refractivity contribution in [2.75, 3.05) is 14.1 Å². The highest BCUT2D eigenvalue weighted by Gasteiger charge is 2.22. The fourth-order valence-electron chi connectivity index (χ4n) is 1.15. The Bertz CT molecular complexity index is 285. The molecule has 0 fully saturated rings. The quantitative estimate of drug-likeness (QED) is 0.746. The number of carbonyl (C=O) groups is 1. The van der Waals surface area contributed by atoms with E-state index in [0.717, 1.165) is 0 Å². The minimum absolute atomic E-state index is 0.556. The molecule has 1 N–H and O–H groups in total. The molecule has 1 heterocycles. The summed E-state index contributed by atoms with van der Waals surface area (Å²) in [5.41, 5.74) is 0.556. The number of pyridine rings is 1. The average Bonchev–Trinajstić information content (AvgIpc) is 2.04. The van der Waals surface area contributed by atoms with Gasteiger partial charge in [0.2, 0.25) is 0 Å². The SMILES string of the molecule is CN(C)[C@@H](C(=O)O)c1ccccn1. The lowest BCUT2D eigenvalue weighted by atomic mass is 10.2. The lowest BCUT2D eigenvalue weighted by Gasteiger charge is -2.18. The summed E-state index contributed by atoms with van der Waals surface area (Å²) in [6, 6.07) is 4.58. The Labute approximate surface area is 76.8 Å². The zero-order valence-corrected chi connectivity index (χ0v) is 7.64. The van der Waals surface area contributed by atoms with Crippen LogP contribution in [0.2, 0.25) is 0 Å². The summed E-state index contributed by atoms with van der Waals surface area (Å²) in [5, 5.41) is 8.92. The molecule has 0 saturated carbocycles. The molecule has 70 valence electrons. The molecule has 0 unspecified atom stereocenters. The van der Waals surface area contributed by atoms with Gasteiger partial charge in [0.05, 0.1) is 5.69 Å². The molecule has 1 rings (SSSR count). The summed E-state index contributed by atoms with van der Waals surface area (Å²) in [7, 11) is 3.43. The summed E-state index contributed by atoms with van der Waals surface area (Å²) in [5.74, 6) is -0.885. The molecule has 0 saturated heterocycles. The highest BCUT2D eigenvalue weighted by Crippen LogP contribution is 2.14. The van der Waals surface area contributed by atoms with Gasteiger partial charge in [-0.1, -0.05) is 6.07 Å². The number of aliphatic carboxylic acids is 1. The van der Waals surface area contributed by atoms with Crippen LogP contribution < -0.4 is 0 Å². The minimum atomic E-state index is -0.885. The van der Waals surface area contributed by atoms with Crippen LogP contribution in [0.15, 0.2) is 24.4 Å². The minimum Gasteiger partial charge on any atom is -0.480 e. The number of hydrogen-bond acceptors (Lipinski definition) is 3. The van der Waals surface area contributed by atoms with Crippen molar-refractivity contribution in [2.24, 2.45) is 0 Å². The Kier molecular flexibility index (Phi) is 2.97. The van der Waals surface area contributed by atoms with E-state index in [1.54, 1.807) is 43.4 Å². The zero-order valence-electron chi connectivity index (χ0n) is 7.64. The van der Waals surface area contributed by atoms with Crippen molar-refractivity contribution in [2.45, 2.75) is 6.04 Å². The maximum absolute atomic E-state index is 10.9. The van der Waals surface area contributed by atoms with Crippen molar-refractivity contribution in [3.05, 3.63) is 30.1 Å². The Morgan fingerprint density at radius 3 is 2.62 bits per heavy atom. The molecule has 0 aliphatic rings. The van der Waals surface area contributed by atoms with Gasteiger partial charge in [-0.3, -0.25) is 14.7 Å². The highest BCUT2D eigenvalue weighted by atomic mass is 16.4. The average molecular weight is 180 g/mol. The first kappa shape index (κ1) is 9.67.